The maximum atomic E-state index is 14.0. The number of fused-ring (bicyclic) bond motifs is 1. The Hall–Kier alpha value is -4.08. The summed E-state index contributed by atoms with van der Waals surface area (Å²) in [7, 11) is 1.85. The SMILES string of the molecule is CC(=O)c1cccc(CN2CC[C@@H](C(=O)N3CCC(O)(Cn4cnc5c(ccn5C)c4=O)CC3)[C@H](c3ccccc3)C2)c1. The number of piperidine rings is 2. The standard InChI is InChI=1S/C34H39N5O4/c1-24(40)27-10-6-7-25(19-27)20-37-16-12-28(30(21-37)26-8-4-3-5-9-26)32(41)38-17-13-34(43,14-18-38)22-39-23-35-31-29(33(39)42)11-15-36(31)2/h3-11,15,19,23,28,30,43H,12-14,16-18,20-22H2,1-2H3/t28-,30+/m1/s1. The first kappa shape index (κ1) is 29.0. The lowest BCUT2D eigenvalue weighted by atomic mass is 9.79. The second-order valence-corrected chi connectivity index (χ2v) is 12.3. The van der Waals surface area contributed by atoms with Crippen LogP contribution in [0, 0.1) is 5.92 Å². The number of carbonyl (C=O) groups is 2. The fourth-order valence-corrected chi connectivity index (χ4v) is 6.79. The normalized spacial score (nSPS) is 20.8. The second-order valence-electron chi connectivity index (χ2n) is 12.3. The van der Waals surface area contributed by atoms with Crippen molar-refractivity contribution in [2.24, 2.45) is 13.0 Å². The number of amides is 1. The van der Waals surface area contributed by atoms with Gasteiger partial charge in [-0.25, -0.2) is 4.98 Å². The molecule has 4 aromatic rings. The number of Topliss-reactive ketones (excluding diaryl/α,β-unsaturated/α-hetero) is 1. The van der Waals surface area contributed by atoms with E-state index < -0.39 is 5.60 Å². The molecule has 2 aromatic carbocycles. The maximum Gasteiger partial charge on any atom is 0.262 e. The number of benzene rings is 2. The summed E-state index contributed by atoms with van der Waals surface area (Å²) in [6.45, 7) is 4.91. The van der Waals surface area contributed by atoms with Gasteiger partial charge in [0.25, 0.3) is 5.56 Å². The minimum atomic E-state index is -1.08. The molecule has 6 rings (SSSR count). The van der Waals surface area contributed by atoms with Gasteiger partial charge in [-0.1, -0.05) is 48.5 Å². The van der Waals surface area contributed by atoms with E-state index in [4.69, 9.17) is 0 Å². The molecule has 2 saturated heterocycles. The molecule has 1 amide bonds. The molecule has 9 nitrogen and oxygen atoms in total. The van der Waals surface area contributed by atoms with Crippen LogP contribution in [0.5, 0.6) is 0 Å². The number of carbonyl (C=O) groups excluding carboxylic acids is 2. The third kappa shape index (κ3) is 6.05. The van der Waals surface area contributed by atoms with E-state index in [1.54, 1.807) is 23.8 Å². The van der Waals surface area contributed by atoms with E-state index in [-0.39, 0.29) is 35.6 Å². The Bertz CT molecular complexity index is 1690. The average Bonchev–Trinajstić information content (AvgIpc) is 3.40. The van der Waals surface area contributed by atoms with Crippen molar-refractivity contribution in [2.45, 2.75) is 50.8 Å². The molecule has 43 heavy (non-hydrogen) atoms. The molecular weight excluding hydrogens is 542 g/mol. The predicted octanol–water partition coefficient (Wildman–Crippen LogP) is 3.60. The topological polar surface area (TPSA) is 101 Å². The first-order chi connectivity index (χ1) is 20.7. The average molecular weight is 582 g/mol. The summed E-state index contributed by atoms with van der Waals surface area (Å²) in [5.41, 5.74) is 2.34. The largest absolute Gasteiger partial charge is 0.388 e. The van der Waals surface area contributed by atoms with Crippen LogP contribution in [0.3, 0.4) is 0 Å². The van der Waals surface area contributed by atoms with E-state index in [9.17, 15) is 19.5 Å². The summed E-state index contributed by atoms with van der Waals surface area (Å²) in [5, 5.41) is 12.0. The fourth-order valence-electron chi connectivity index (χ4n) is 6.79. The van der Waals surface area contributed by atoms with Gasteiger partial charge in [-0.15, -0.1) is 0 Å². The smallest absolute Gasteiger partial charge is 0.262 e. The molecule has 0 bridgehead atoms. The van der Waals surface area contributed by atoms with Crippen molar-refractivity contribution < 1.29 is 14.7 Å². The molecule has 2 aliphatic heterocycles. The van der Waals surface area contributed by atoms with Gasteiger partial charge >= 0.3 is 0 Å². The van der Waals surface area contributed by atoms with Crippen molar-refractivity contribution in [2.75, 3.05) is 26.2 Å². The lowest BCUT2D eigenvalue weighted by Gasteiger charge is -2.43. The highest BCUT2D eigenvalue weighted by molar-refractivity contribution is 5.94. The molecule has 0 radical (unpaired) electrons. The molecule has 0 saturated carbocycles. The predicted molar refractivity (Wildman–Crippen MR) is 165 cm³/mol. The Balaban J connectivity index is 1.13. The van der Waals surface area contributed by atoms with E-state index in [0.717, 1.165) is 37.2 Å². The lowest BCUT2D eigenvalue weighted by Crippen LogP contribution is -2.53. The maximum absolute atomic E-state index is 14.0. The molecule has 2 atom stereocenters. The Labute approximate surface area is 251 Å². The van der Waals surface area contributed by atoms with Crippen LogP contribution in [-0.2, 0) is 24.9 Å². The van der Waals surface area contributed by atoms with Gasteiger partial charge in [-0.3, -0.25) is 23.9 Å². The van der Waals surface area contributed by atoms with Gasteiger partial charge in [0, 0.05) is 56.8 Å². The molecule has 9 heteroatoms. The second kappa shape index (κ2) is 11.9. The van der Waals surface area contributed by atoms with Crippen LogP contribution >= 0.6 is 0 Å². The zero-order chi connectivity index (χ0) is 30.1. The van der Waals surface area contributed by atoms with Crippen LogP contribution < -0.4 is 5.56 Å². The summed E-state index contributed by atoms with van der Waals surface area (Å²) in [6.07, 6.45) is 4.86. The third-order valence-electron chi connectivity index (χ3n) is 9.30. The molecule has 2 aromatic heterocycles. The highest BCUT2D eigenvalue weighted by Gasteiger charge is 2.41. The number of hydrogen-bond acceptors (Lipinski definition) is 6. The monoisotopic (exact) mass is 581 g/mol. The van der Waals surface area contributed by atoms with Gasteiger partial charge in [-0.2, -0.15) is 0 Å². The fraction of sp³-hybridized carbons (Fsp3) is 0.412. The number of rotatable bonds is 7. The van der Waals surface area contributed by atoms with Gasteiger partial charge in [0.2, 0.25) is 5.91 Å². The molecule has 2 aliphatic rings. The number of aliphatic hydroxyl groups is 1. The molecular formula is C34H39N5O4. The first-order valence-corrected chi connectivity index (χ1v) is 15.1. The summed E-state index contributed by atoms with van der Waals surface area (Å²) in [5.74, 6) is 0.0867. The quantitative estimate of drug-likeness (QED) is 0.335. The van der Waals surface area contributed by atoms with Crippen LogP contribution in [-0.4, -0.2) is 72.5 Å². The van der Waals surface area contributed by atoms with Gasteiger partial charge in [0.15, 0.2) is 5.78 Å². The van der Waals surface area contributed by atoms with Crippen molar-refractivity contribution in [3.05, 3.63) is 100 Å². The summed E-state index contributed by atoms with van der Waals surface area (Å²) < 4.78 is 3.30. The first-order valence-electron chi connectivity index (χ1n) is 15.1. The third-order valence-corrected chi connectivity index (χ3v) is 9.30. The molecule has 224 valence electrons. The van der Waals surface area contributed by atoms with Gasteiger partial charge in [0.05, 0.1) is 17.5 Å². The number of nitrogens with zero attached hydrogens (tertiary/aromatic N) is 5. The number of hydrogen-bond donors (Lipinski definition) is 1. The Kier molecular flexibility index (Phi) is 8.03. The highest BCUT2D eigenvalue weighted by atomic mass is 16.3. The lowest BCUT2D eigenvalue weighted by molar-refractivity contribution is -0.142. The van der Waals surface area contributed by atoms with Crippen LogP contribution in [0.25, 0.3) is 11.0 Å². The van der Waals surface area contributed by atoms with Crippen molar-refractivity contribution in [3.63, 3.8) is 0 Å². The summed E-state index contributed by atoms with van der Waals surface area (Å²) in [4.78, 5) is 47.6. The zero-order valence-corrected chi connectivity index (χ0v) is 24.9. The zero-order valence-electron chi connectivity index (χ0n) is 24.9. The highest BCUT2D eigenvalue weighted by Crippen LogP contribution is 2.36. The summed E-state index contributed by atoms with van der Waals surface area (Å²) >= 11 is 0. The van der Waals surface area contributed by atoms with Crippen LogP contribution in [0.2, 0.25) is 0 Å². The Morgan fingerprint density at radius 3 is 2.53 bits per heavy atom. The number of aryl methyl sites for hydroxylation is 1. The van der Waals surface area contributed by atoms with E-state index in [1.165, 1.54) is 10.9 Å². The molecule has 4 heterocycles. The van der Waals surface area contributed by atoms with E-state index >= 15 is 0 Å². The van der Waals surface area contributed by atoms with Crippen LogP contribution in [0.4, 0.5) is 0 Å². The van der Waals surface area contributed by atoms with Gasteiger partial charge in [0.1, 0.15) is 12.0 Å². The number of likely N-dealkylation sites (tertiary alicyclic amines) is 2. The number of ketones is 1. The molecule has 1 N–H and O–H groups in total. The molecule has 0 aliphatic carbocycles. The minimum Gasteiger partial charge on any atom is -0.388 e. The van der Waals surface area contributed by atoms with Crippen LogP contribution in [0.1, 0.15) is 53.6 Å². The molecule has 2 fully saturated rings. The van der Waals surface area contributed by atoms with E-state index in [1.807, 2.05) is 48.3 Å². The van der Waals surface area contributed by atoms with Gasteiger partial charge < -0.3 is 14.6 Å². The van der Waals surface area contributed by atoms with E-state index in [2.05, 4.69) is 28.1 Å². The molecule has 0 spiro atoms. The van der Waals surface area contributed by atoms with Crippen molar-refractivity contribution in [3.8, 4) is 0 Å². The Morgan fingerprint density at radius 1 is 1.02 bits per heavy atom. The van der Waals surface area contributed by atoms with Gasteiger partial charge in [-0.05, 0) is 56.0 Å². The minimum absolute atomic E-state index is 0.0431. The van der Waals surface area contributed by atoms with Crippen molar-refractivity contribution >= 4 is 22.7 Å². The summed E-state index contributed by atoms with van der Waals surface area (Å²) in [6, 6.07) is 19.8. The molecule has 0 unspecified atom stereocenters. The Morgan fingerprint density at radius 2 is 1.79 bits per heavy atom. The van der Waals surface area contributed by atoms with Crippen molar-refractivity contribution in [1.82, 2.24) is 23.9 Å². The van der Waals surface area contributed by atoms with Crippen LogP contribution in [0.15, 0.2) is 78.0 Å². The van der Waals surface area contributed by atoms with E-state index in [0.29, 0.717) is 42.5 Å². The van der Waals surface area contributed by atoms with Crippen molar-refractivity contribution in [1.29, 1.82) is 0 Å². The number of aromatic nitrogens is 3.